The van der Waals surface area contributed by atoms with Gasteiger partial charge in [-0.1, -0.05) is 17.7 Å². The van der Waals surface area contributed by atoms with Crippen molar-refractivity contribution in [3.63, 3.8) is 0 Å². The molecule has 1 aromatic heterocycles. The fourth-order valence-electron chi connectivity index (χ4n) is 1.65. The van der Waals surface area contributed by atoms with Gasteiger partial charge in [0.25, 0.3) is 0 Å². The summed E-state index contributed by atoms with van der Waals surface area (Å²) in [4.78, 5) is 0. The Bertz CT molecular complexity index is 490. The summed E-state index contributed by atoms with van der Waals surface area (Å²) in [5.41, 5.74) is 2.21. The second-order valence-electron chi connectivity index (χ2n) is 3.76. The highest BCUT2D eigenvalue weighted by Gasteiger charge is 2.07. The van der Waals surface area contributed by atoms with E-state index in [2.05, 4.69) is 5.32 Å². The third-order valence-corrected chi connectivity index (χ3v) is 2.71. The molecule has 1 aromatic carbocycles. The predicted molar refractivity (Wildman–Crippen MR) is 66.7 cm³/mol. The van der Waals surface area contributed by atoms with Crippen molar-refractivity contribution in [3.8, 4) is 11.3 Å². The van der Waals surface area contributed by atoms with Gasteiger partial charge in [0, 0.05) is 10.6 Å². The molecule has 3 heteroatoms. The molecule has 0 aliphatic rings. The molecular formula is C13H14ClNO. The number of halogens is 1. The average molecular weight is 236 g/mol. The summed E-state index contributed by atoms with van der Waals surface area (Å²) in [5.74, 6) is 1.79. The zero-order valence-electron chi connectivity index (χ0n) is 9.38. The lowest BCUT2D eigenvalue weighted by Gasteiger charge is -2.03. The third kappa shape index (κ3) is 2.29. The van der Waals surface area contributed by atoms with Crippen molar-refractivity contribution in [2.24, 2.45) is 0 Å². The van der Waals surface area contributed by atoms with Crippen molar-refractivity contribution in [2.45, 2.75) is 13.5 Å². The molecule has 0 unspecified atom stereocenters. The molecule has 0 saturated heterocycles. The lowest BCUT2D eigenvalue weighted by Crippen LogP contribution is -2.03. The molecule has 0 atom stereocenters. The van der Waals surface area contributed by atoms with E-state index in [1.54, 1.807) is 0 Å². The summed E-state index contributed by atoms with van der Waals surface area (Å²) in [6, 6.07) is 9.77. The van der Waals surface area contributed by atoms with E-state index in [1.807, 2.05) is 44.3 Å². The Kier molecular flexibility index (Phi) is 3.32. The van der Waals surface area contributed by atoms with E-state index in [-0.39, 0.29) is 0 Å². The monoisotopic (exact) mass is 235 g/mol. The molecule has 0 fully saturated rings. The Morgan fingerprint density at radius 3 is 2.81 bits per heavy atom. The SMILES string of the molecule is CNCc1ccc(-c2cc(Cl)ccc2C)o1. The van der Waals surface area contributed by atoms with Gasteiger partial charge in [0.1, 0.15) is 11.5 Å². The van der Waals surface area contributed by atoms with Crippen LogP contribution in [0.1, 0.15) is 11.3 Å². The smallest absolute Gasteiger partial charge is 0.134 e. The van der Waals surface area contributed by atoms with E-state index in [0.717, 1.165) is 34.2 Å². The van der Waals surface area contributed by atoms with Crippen LogP contribution in [-0.2, 0) is 6.54 Å². The number of hydrogen-bond donors (Lipinski definition) is 1. The van der Waals surface area contributed by atoms with Crippen molar-refractivity contribution in [1.29, 1.82) is 0 Å². The fourth-order valence-corrected chi connectivity index (χ4v) is 1.82. The van der Waals surface area contributed by atoms with Crippen LogP contribution >= 0.6 is 11.6 Å². The fraction of sp³-hybridized carbons (Fsp3) is 0.231. The maximum Gasteiger partial charge on any atom is 0.134 e. The number of furan rings is 1. The number of rotatable bonds is 3. The highest BCUT2D eigenvalue weighted by molar-refractivity contribution is 6.30. The Labute approximate surface area is 100 Å². The van der Waals surface area contributed by atoms with E-state index >= 15 is 0 Å². The van der Waals surface area contributed by atoms with E-state index in [9.17, 15) is 0 Å². The predicted octanol–water partition coefficient (Wildman–Crippen LogP) is 3.63. The highest BCUT2D eigenvalue weighted by Crippen LogP contribution is 2.28. The molecule has 2 rings (SSSR count). The molecule has 0 saturated carbocycles. The minimum atomic E-state index is 0.729. The van der Waals surface area contributed by atoms with Crippen molar-refractivity contribution >= 4 is 11.6 Å². The zero-order chi connectivity index (χ0) is 11.5. The third-order valence-electron chi connectivity index (χ3n) is 2.48. The van der Waals surface area contributed by atoms with Gasteiger partial charge in [-0.05, 0) is 43.8 Å². The molecule has 84 valence electrons. The van der Waals surface area contributed by atoms with Gasteiger partial charge in [-0.3, -0.25) is 0 Å². The van der Waals surface area contributed by atoms with E-state index in [4.69, 9.17) is 16.0 Å². The minimum absolute atomic E-state index is 0.729. The molecule has 1 N–H and O–H groups in total. The molecule has 16 heavy (non-hydrogen) atoms. The molecule has 2 nitrogen and oxygen atoms in total. The maximum absolute atomic E-state index is 5.98. The summed E-state index contributed by atoms with van der Waals surface area (Å²) >= 11 is 5.98. The standard InChI is InChI=1S/C13H14ClNO/c1-9-3-4-10(14)7-12(9)13-6-5-11(16-13)8-15-2/h3-7,15H,8H2,1-2H3. The normalized spacial score (nSPS) is 10.7. The van der Waals surface area contributed by atoms with Crippen LogP contribution in [0.2, 0.25) is 5.02 Å². The highest BCUT2D eigenvalue weighted by atomic mass is 35.5. The summed E-state index contributed by atoms with van der Waals surface area (Å²) in [7, 11) is 1.90. The Balaban J connectivity index is 2.38. The molecule has 0 radical (unpaired) electrons. The van der Waals surface area contributed by atoms with Crippen molar-refractivity contribution < 1.29 is 4.42 Å². The lowest BCUT2D eigenvalue weighted by atomic mass is 10.1. The summed E-state index contributed by atoms with van der Waals surface area (Å²) in [5, 5.41) is 3.78. The number of aryl methyl sites for hydroxylation is 1. The van der Waals surface area contributed by atoms with Crippen LogP contribution in [0.5, 0.6) is 0 Å². The Morgan fingerprint density at radius 2 is 2.06 bits per heavy atom. The van der Waals surface area contributed by atoms with Gasteiger partial charge < -0.3 is 9.73 Å². The lowest BCUT2D eigenvalue weighted by molar-refractivity contribution is 0.507. The van der Waals surface area contributed by atoms with E-state index in [0.29, 0.717) is 0 Å². The van der Waals surface area contributed by atoms with Gasteiger partial charge in [-0.2, -0.15) is 0 Å². The second-order valence-corrected chi connectivity index (χ2v) is 4.19. The largest absolute Gasteiger partial charge is 0.460 e. The van der Waals surface area contributed by atoms with Crippen LogP contribution in [0, 0.1) is 6.92 Å². The number of nitrogens with one attached hydrogen (secondary N) is 1. The molecule has 0 aliphatic heterocycles. The van der Waals surface area contributed by atoms with Gasteiger partial charge in [0.15, 0.2) is 0 Å². The first-order chi connectivity index (χ1) is 7.70. The van der Waals surface area contributed by atoms with E-state index in [1.165, 1.54) is 0 Å². The Hall–Kier alpha value is -1.25. The molecule has 2 aromatic rings. The topological polar surface area (TPSA) is 25.2 Å². The molecule has 0 spiro atoms. The second kappa shape index (κ2) is 4.73. The molecule has 1 heterocycles. The van der Waals surface area contributed by atoms with Crippen molar-refractivity contribution in [1.82, 2.24) is 5.32 Å². The van der Waals surface area contributed by atoms with Gasteiger partial charge in [-0.25, -0.2) is 0 Å². The van der Waals surface area contributed by atoms with Crippen molar-refractivity contribution in [2.75, 3.05) is 7.05 Å². The number of hydrogen-bond acceptors (Lipinski definition) is 2. The molecule has 0 aliphatic carbocycles. The first-order valence-electron chi connectivity index (χ1n) is 5.20. The Morgan fingerprint density at radius 1 is 1.25 bits per heavy atom. The average Bonchev–Trinajstić information content (AvgIpc) is 2.71. The van der Waals surface area contributed by atoms with Crippen LogP contribution in [0.3, 0.4) is 0 Å². The van der Waals surface area contributed by atoms with Crippen molar-refractivity contribution in [3.05, 3.63) is 46.7 Å². The summed E-state index contributed by atoms with van der Waals surface area (Å²) < 4.78 is 5.72. The van der Waals surface area contributed by atoms with Gasteiger partial charge >= 0.3 is 0 Å². The summed E-state index contributed by atoms with van der Waals surface area (Å²) in [6.45, 7) is 2.78. The van der Waals surface area contributed by atoms with Crippen LogP contribution in [0.25, 0.3) is 11.3 Å². The first-order valence-corrected chi connectivity index (χ1v) is 5.58. The number of benzene rings is 1. The van der Waals surface area contributed by atoms with Crippen LogP contribution in [0.15, 0.2) is 34.7 Å². The summed E-state index contributed by atoms with van der Waals surface area (Å²) in [6.07, 6.45) is 0. The van der Waals surface area contributed by atoms with Crippen LogP contribution in [-0.4, -0.2) is 7.05 Å². The van der Waals surface area contributed by atoms with Gasteiger partial charge in [0.2, 0.25) is 0 Å². The first kappa shape index (κ1) is 11.2. The zero-order valence-corrected chi connectivity index (χ0v) is 10.1. The maximum atomic E-state index is 5.98. The van der Waals surface area contributed by atoms with Crippen LogP contribution in [0.4, 0.5) is 0 Å². The van der Waals surface area contributed by atoms with Gasteiger partial charge in [-0.15, -0.1) is 0 Å². The molecular weight excluding hydrogens is 222 g/mol. The minimum Gasteiger partial charge on any atom is -0.460 e. The van der Waals surface area contributed by atoms with Gasteiger partial charge in [0.05, 0.1) is 6.54 Å². The van der Waals surface area contributed by atoms with E-state index < -0.39 is 0 Å². The quantitative estimate of drug-likeness (QED) is 0.879. The molecule has 0 bridgehead atoms. The van der Waals surface area contributed by atoms with Crippen LogP contribution < -0.4 is 5.32 Å². The molecule has 0 amide bonds.